The van der Waals surface area contributed by atoms with Crippen LogP contribution in [0, 0.1) is 0 Å². The normalized spacial score (nSPS) is 16.8. The number of hydrogen-bond acceptors (Lipinski definition) is 6. The summed E-state index contributed by atoms with van der Waals surface area (Å²) in [5.41, 5.74) is 3.30. The number of carbonyl (C=O) groups excluding carboxylic acids is 1. The molecule has 29 heavy (non-hydrogen) atoms. The molecule has 4 aromatic rings. The van der Waals surface area contributed by atoms with E-state index < -0.39 is 0 Å². The molecule has 2 aromatic carbocycles. The van der Waals surface area contributed by atoms with Crippen molar-refractivity contribution >= 4 is 34.2 Å². The van der Waals surface area contributed by atoms with E-state index in [0.717, 1.165) is 28.8 Å². The summed E-state index contributed by atoms with van der Waals surface area (Å²) in [6.45, 7) is 3.24. The molecule has 1 amide bonds. The van der Waals surface area contributed by atoms with Crippen molar-refractivity contribution in [2.24, 2.45) is 0 Å². The lowest BCUT2D eigenvalue weighted by Crippen LogP contribution is -2.24. The van der Waals surface area contributed by atoms with E-state index in [2.05, 4.69) is 20.5 Å². The minimum Gasteiger partial charge on any atom is -0.339 e. The van der Waals surface area contributed by atoms with Gasteiger partial charge in [-0.05, 0) is 43.3 Å². The summed E-state index contributed by atoms with van der Waals surface area (Å²) >= 11 is 6.06. The first-order valence-electron chi connectivity index (χ1n) is 9.35. The van der Waals surface area contributed by atoms with Gasteiger partial charge in [0.15, 0.2) is 0 Å². The number of amides is 1. The molecule has 0 spiro atoms. The first-order valence-corrected chi connectivity index (χ1v) is 9.73. The summed E-state index contributed by atoms with van der Waals surface area (Å²) < 4.78 is 7.32. The van der Waals surface area contributed by atoms with Crippen molar-refractivity contribution in [2.75, 3.05) is 11.4 Å². The fourth-order valence-electron chi connectivity index (χ4n) is 3.63. The molecule has 9 heteroatoms. The minimum atomic E-state index is -0.160. The maximum Gasteiger partial charge on any atom is 0.232 e. The molecule has 1 saturated heterocycles. The van der Waals surface area contributed by atoms with Gasteiger partial charge in [0.2, 0.25) is 17.6 Å². The average molecular weight is 409 g/mol. The maximum atomic E-state index is 12.5. The summed E-state index contributed by atoms with van der Waals surface area (Å²) in [7, 11) is 0. The molecule has 0 N–H and O–H groups in total. The van der Waals surface area contributed by atoms with Gasteiger partial charge >= 0.3 is 0 Å². The Balaban J connectivity index is 1.39. The van der Waals surface area contributed by atoms with Gasteiger partial charge < -0.3 is 9.42 Å². The fourth-order valence-corrected chi connectivity index (χ4v) is 3.81. The van der Waals surface area contributed by atoms with Crippen molar-refractivity contribution in [1.82, 2.24) is 25.1 Å². The lowest BCUT2D eigenvalue weighted by atomic mass is 10.1. The SMILES string of the molecule is CCn1nnc2cc(-c3noc([C@H]4CC(=O)N(c5cccc(Cl)c5)C4)n3)ccc21. The number of benzene rings is 2. The second-order valence-electron chi connectivity index (χ2n) is 6.95. The monoisotopic (exact) mass is 408 g/mol. The van der Waals surface area contributed by atoms with Crippen LogP contribution < -0.4 is 4.90 Å². The third-order valence-electron chi connectivity index (χ3n) is 5.11. The molecule has 8 nitrogen and oxygen atoms in total. The summed E-state index contributed by atoms with van der Waals surface area (Å²) in [6, 6.07) is 13.0. The predicted octanol–water partition coefficient (Wildman–Crippen LogP) is 3.68. The average Bonchev–Trinajstić information content (AvgIpc) is 3.45. The quantitative estimate of drug-likeness (QED) is 0.511. The Bertz CT molecular complexity index is 1220. The van der Waals surface area contributed by atoms with Crippen LogP contribution in [0.4, 0.5) is 5.69 Å². The number of carbonyl (C=O) groups is 1. The largest absolute Gasteiger partial charge is 0.339 e. The highest BCUT2D eigenvalue weighted by molar-refractivity contribution is 6.30. The zero-order valence-corrected chi connectivity index (χ0v) is 16.4. The Kier molecular flexibility index (Phi) is 4.28. The van der Waals surface area contributed by atoms with Crippen molar-refractivity contribution < 1.29 is 9.32 Å². The molecule has 0 unspecified atom stereocenters. The second-order valence-corrected chi connectivity index (χ2v) is 7.39. The lowest BCUT2D eigenvalue weighted by molar-refractivity contribution is -0.117. The van der Waals surface area contributed by atoms with Gasteiger partial charge in [-0.25, -0.2) is 4.68 Å². The molecule has 0 bridgehead atoms. The van der Waals surface area contributed by atoms with Gasteiger partial charge in [-0.1, -0.05) is 28.0 Å². The van der Waals surface area contributed by atoms with E-state index >= 15 is 0 Å². The van der Waals surface area contributed by atoms with Crippen molar-refractivity contribution in [2.45, 2.75) is 25.8 Å². The topological polar surface area (TPSA) is 89.9 Å². The number of aromatic nitrogens is 5. The van der Waals surface area contributed by atoms with Crippen LogP contribution in [0.3, 0.4) is 0 Å². The molecule has 5 rings (SSSR count). The van der Waals surface area contributed by atoms with E-state index in [0.29, 0.717) is 29.7 Å². The second kappa shape index (κ2) is 6.97. The molecule has 146 valence electrons. The molecule has 0 aliphatic carbocycles. The summed E-state index contributed by atoms with van der Waals surface area (Å²) in [5.74, 6) is 0.777. The van der Waals surface area contributed by atoms with Gasteiger partial charge in [-0.3, -0.25) is 4.79 Å². The minimum absolute atomic E-state index is 0.00890. The molecule has 3 heterocycles. The summed E-state index contributed by atoms with van der Waals surface area (Å²) in [4.78, 5) is 18.7. The summed E-state index contributed by atoms with van der Waals surface area (Å²) in [6.07, 6.45) is 0.317. The van der Waals surface area contributed by atoms with Crippen molar-refractivity contribution in [3.05, 3.63) is 53.4 Å². The first-order chi connectivity index (χ1) is 14.1. The number of aryl methyl sites for hydroxylation is 1. The lowest BCUT2D eigenvalue weighted by Gasteiger charge is -2.16. The van der Waals surface area contributed by atoms with Crippen LogP contribution in [0.15, 0.2) is 47.0 Å². The van der Waals surface area contributed by atoms with Gasteiger partial charge in [0.05, 0.1) is 11.4 Å². The first kappa shape index (κ1) is 17.8. The van der Waals surface area contributed by atoms with E-state index in [1.165, 1.54) is 0 Å². The van der Waals surface area contributed by atoms with Crippen LogP contribution in [-0.4, -0.2) is 37.6 Å². The van der Waals surface area contributed by atoms with Crippen molar-refractivity contribution in [1.29, 1.82) is 0 Å². The van der Waals surface area contributed by atoms with E-state index in [9.17, 15) is 4.79 Å². The van der Waals surface area contributed by atoms with Gasteiger partial charge in [-0.15, -0.1) is 5.10 Å². The number of halogens is 1. The van der Waals surface area contributed by atoms with Gasteiger partial charge in [0, 0.05) is 35.8 Å². The van der Waals surface area contributed by atoms with Gasteiger partial charge in [-0.2, -0.15) is 4.98 Å². The number of nitrogens with zero attached hydrogens (tertiary/aromatic N) is 6. The smallest absolute Gasteiger partial charge is 0.232 e. The Morgan fingerprint density at radius 1 is 1.24 bits per heavy atom. The van der Waals surface area contributed by atoms with Gasteiger partial charge in [0.1, 0.15) is 5.52 Å². The van der Waals surface area contributed by atoms with E-state index in [1.807, 2.05) is 41.9 Å². The standard InChI is InChI=1S/C20H17ClN6O2/c1-2-27-17-7-6-12(8-16(17)23-25-27)19-22-20(29-24-19)13-9-18(28)26(11-13)15-5-3-4-14(21)10-15/h3-8,10,13H,2,9,11H2,1H3/t13-/m0/s1. The van der Waals surface area contributed by atoms with Crippen molar-refractivity contribution in [3.8, 4) is 11.4 Å². The van der Waals surface area contributed by atoms with E-state index in [-0.39, 0.29) is 11.8 Å². The Labute approximate surface area is 171 Å². The van der Waals surface area contributed by atoms with Crippen LogP contribution in [-0.2, 0) is 11.3 Å². The van der Waals surface area contributed by atoms with Crippen LogP contribution >= 0.6 is 11.6 Å². The molecule has 1 aliphatic rings. The highest BCUT2D eigenvalue weighted by Crippen LogP contribution is 2.33. The Morgan fingerprint density at radius 2 is 2.14 bits per heavy atom. The Hall–Kier alpha value is -3.26. The maximum absolute atomic E-state index is 12.5. The highest BCUT2D eigenvalue weighted by atomic mass is 35.5. The Morgan fingerprint density at radius 3 is 2.97 bits per heavy atom. The van der Waals surface area contributed by atoms with Gasteiger partial charge in [0.25, 0.3) is 0 Å². The zero-order chi connectivity index (χ0) is 20.0. The van der Waals surface area contributed by atoms with Crippen LogP contribution in [0.1, 0.15) is 25.2 Å². The van der Waals surface area contributed by atoms with E-state index in [1.54, 1.807) is 17.0 Å². The molecule has 1 fully saturated rings. The number of anilines is 1. The van der Waals surface area contributed by atoms with E-state index in [4.69, 9.17) is 16.1 Å². The summed E-state index contributed by atoms with van der Waals surface area (Å²) in [5, 5.41) is 13.0. The molecular weight excluding hydrogens is 392 g/mol. The fraction of sp³-hybridized carbons (Fsp3) is 0.250. The van der Waals surface area contributed by atoms with Crippen molar-refractivity contribution in [3.63, 3.8) is 0 Å². The molecule has 1 aliphatic heterocycles. The molecule has 0 radical (unpaired) electrons. The highest BCUT2D eigenvalue weighted by Gasteiger charge is 2.35. The van der Waals surface area contributed by atoms with Crippen LogP contribution in [0.5, 0.6) is 0 Å². The molecule has 0 saturated carbocycles. The molecule has 1 atom stereocenters. The molecule has 2 aromatic heterocycles. The number of rotatable bonds is 4. The van der Waals surface area contributed by atoms with Crippen LogP contribution in [0.2, 0.25) is 5.02 Å². The third kappa shape index (κ3) is 3.15. The zero-order valence-electron chi connectivity index (χ0n) is 15.6. The number of fused-ring (bicyclic) bond motifs is 1. The molecular formula is C20H17ClN6O2. The van der Waals surface area contributed by atoms with Crippen LogP contribution in [0.25, 0.3) is 22.4 Å². The predicted molar refractivity (Wildman–Crippen MR) is 108 cm³/mol. The third-order valence-corrected chi connectivity index (χ3v) is 5.34. The number of hydrogen-bond donors (Lipinski definition) is 0.